The van der Waals surface area contributed by atoms with Crippen molar-refractivity contribution in [3.63, 3.8) is 0 Å². The summed E-state index contributed by atoms with van der Waals surface area (Å²) < 4.78 is 10.6. The summed E-state index contributed by atoms with van der Waals surface area (Å²) in [4.78, 5) is 22.8. The number of carbonyl (C=O) groups excluding carboxylic acids is 2. The number of carbonyl (C=O) groups is 2. The van der Waals surface area contributed by atoms with Crippen LogP contribution in [0, 0.1) is 0 Å². The largest absolute Gasteiger partial charge is 0.496 e. The molecule has 114 valence electrons. The Balaban J connectivity index is 2.72. The summed E-state index contributed by atoms with van der Waals surface area (Å²) in [6.45, 7) is 0. The van der Waals surface area contributed by atoms with Gasteiger partial charge in [-0.3, -0.25) is 9.59 Å². The van der Waals surface area contributed by atoms with Crippen molar-refractivity contribution >= 4 is 33.7 Å². The minimum Gasteiger partial charge on any atom is -0.496 e. The topological polar surface area (TPSA) is 52.6 Å². The fourth-order valence-corrected chi connectivity index (χ4v) is 2.32. The Labute approximate surface area is 137 Å². The maximum Gasteiger partial charge on any atom is 0.252 e. The lowest BCUT2D eigenvalue weighted by Crippen LogP contribution is -1.97. The summed E-state index contributed by atoms with van der Waals surface area (Å²) in [5.74, 6) is 1.03. The number of benzene rings is 2. The Morgan fingerprint density at radius 2 is 1.14 bits per heavy atom. The zero-order valence-electron chi connectivity index (χ0n) is 11.9. The van der Waals surface area contributed by atoms with Gasteiger partial charge in [0.1, 0.15) is 11.5 Å². The third-order valence-corrected chi connectivity index (χ3v) is 3.58. The Bertz CT molecular complexity index is 677. The van der Waals surface area contributed by atoms with Crippen molar-refractivity contribution in [1.29, 1.82) is 0 Å². The third-order valence-electron chi connectivity index (χ3n) is 3.14. The van der Waals surface area contributed by atoms with Crippen LogP contribution in [0.5, 0.6) is 11.5 Å². The number of hydrogen-bond donors (Lipinski definition) is 0. The Morgan fingerprint density at radius 3 is 1.41 bits per heavy atom. The van der Waals surface area contributed by atoms with Gasteiger partial charge >= 0.3 is 0 Å². The molecule has 0 amide bonds. The molecule has 0 N–H and O–H groups in total. The lowest BCUT2D eigenvalue weighted by atomic mass is 9.99. The van der Waals surface area contributed by atoms with E-state index in [-0.39, 0.29) is 0 Å². The summed E-state index contributed by atoms with van der Waals surface area (Å²) in [7, 11) is 3.01. The maximum absolute atomic E-state index is 11.4. The summed E-state index contributed by atoms with van der Waals surface area (Å²) in [5, 5.41) is -1.18. The summed E-state index contributed by atoms with van der Waals surface area (Å²) in [6.07, 6.45) is 0. The molecule has 0 atom stereocenters. The Hall–Kier alpha value is -2.04. The molecule has 2 aromatic rings. The van der Waals surface area contributed by atoms with Crippen LogP contribution in [0.3, 0.4) is 0 Å². The van der Waals surface area contributed by atoms with Crippen LogP contribution in [0.15, 0.2) is 36.4 Å². The van der Waals surface area contributed by atoms with Crippen LogP contribution in [0.4, 0.5) is 0 Å². The van der Waals surface area contributed by atoms with Crippen LogP contribution in [0.2, 0.25) is 0 Å². The van der Waals surface area contributed by atoms with Gasteiger partial charge in [-0.2, -0.15) is 0 Å². The molecule has 0 radical (unpaired) electrons. The zero-order valence-corrected chi connectivity index (χ0v) is 13.4. The van der Waals surface area contributed by atoms with Crippen molar-refractivity contribution in [3.05, 3.63) is 47.5 Å². The molecule has 2 aromatic carbocycles. The first-order valence-corrected chi connectivity index (χ1v) is 6.99. The Morgan fingerprint density at radius 1 is 0.773 bits per heavy atom. The van der Waals surface area contributed by atoms with Gasteiger partial charge in [-0.15, -0.1) is 0 Å². The van der Waals surface area contributed by atoms with Gasteiger partial charge in [0.2, 0.25) is 0 Å². The molecule has 0 saturated carbocycles. The normalized spacial score (nSPS) is 10.2. The molecule has 0 bridgehead atoms. The van der Waals surface area contributed by atoms with E-state index in [1.54, 1.807) is 36.4 Å². The molecule has 6 heteroatoms. The predicted molar refractivity (Wildman–Crippen MR) is 85.3 cm³/mol. The number of hydrogen-bond acceptors (Lipinski definition) is 4. The highest BCUT2D eigenvalue weighted by molar-refractivity contribution is 6.68. The molecule has 0 aliphatic rings. The molecule has 0 fully saturated rings. The van der Waals surface area contributed by atoms with E-state index in [0.29, 0.717) is 33.8 Å². The van der Waals surface area contributed by atoms with E-state index in [0.717, 1.165) is 0 Å². The molecule has 22 heavy (non-hydrogen) atoms. The van der Waals surface area contributed by atoms with Crippen LogP contribution in [-0.4, -0.2) is 24.7 Å². The second-order valence-electron chi connectivity index (χ2n) is 4.38. The van der Waals surface area contributed by atoms with Gasteiger partial charge in [0.05, 0.1) is 14.2 Å². The summed E-state index contributed by atoms with van der Waals surface area (Å²) in [6, 6.07) is 9.52. The number of rotatable bonds is 5. The second kappa shape index (κ2) is 6.81. The van der Waals surface area contributed by atoms with Crippen molar-refractivity contribution < 1.29 is 19.1 Å². The van der Waals surface area contributed by atoms with E-state index in [2.05, 4.69) is 0 Å². The quantitative estimate of drug-likeness (QED) is 0.769. The van der Waals surface area contributed by atoms with E-state index in [9.17, 15) is 9.59 Å². The van der Waals surface area contributed by atoms with Crippen LogP contribution in [-0.2, 0) is 0 Å². The first kappa shape index (κ1) is 16.3. The third kappa shape index (κ3) is 3.24. The molecule has 0 aliphatic heterocycles. The highest BCUT2D eigenvalue weighted by Crippen LogP contribution is 2.38. The molecule has 0 aliphatic carbocycles. The Kier molecular flexibility index (Phi) is 5.06. The first-order chi connectivity index (χ1) is 10.5. The number of halogens is 2. The average molecular weight is 339 g/mol. The molecule has 0 aromatic heterocycles. The minimum atomic E-state index is -0.590. The van der Waals surface area contributed by atoms with Crippen LogP contribution >= 0.6 is 23.2 Å². The molecular formula is C16H12Cl2O4. The van der Waals surface area contributed by atoms with Gasteiger partial charge in [0.15, 0.2) is 0 Å². The number of ether oxygens (including phenoxy) is 2. The summed E-state index contributed by atoms with van der Waals surface area (Å²) in [5.41, 5.74) is 1.76. The molecule has 2 rings (SSSR count). The van der Waals surface area contributed by atoms with Gasteiger partial charge in [-0.05, 0) is 59.6 Å². The van der Waals surface area contributed by atoms with E-state index in [1.165, 1.54) is 14.2 Å². The van der Waals surface area contributed by atoms with Gasteiger partial charge in [0.25, 0.3) is 10.5 Å². The van der Waals surface area contributed by atoms with Crippen molar-refractivity contribution in [2.45, 2.75) is 0 Å². The molecule has 0 heterocycles. The maximum atomic E-state index is 11.4. The monoisotopic (exact) mass is 338 g/mol. The van der Waals surface area contributed by atoms with Gasteiger partial charge in [-0.1, -0.05) is 0 Å². The summed E-state index contributed by atoms with van der Waals surface area (Å²) >= 11 is 11.1. The van der Waals surface area contributed by atoms with Crippen LogP contribution < -0.4 is 9.47 Å². The van der Waals surface area contributed by atoms with Gasteiger partial charge < -0.3 is 9.47 Å². The SMILES string of the molecule is COc1ccc(C(=O)Cl)cc1-c1cc(C(=O)Cl)ccc1OC. The zero-order chi connectivity index (χ0) is 16.3. The highest BCUT2D eigenvalue weighted by Gasteiger charge is 2.16. The van der Waals surface area contributed by atoms with E-state index >= 15 is 0 Å². The lowest BCUT2D eigenvalue weighted by molar-refractivity contribution is 0.107. The second-order valence-corrected chi connectivity index (χ2v) is 5.06. The molecule has 0 saturated heterocycles. The van der Waals surface area contributed by atoms with Gasteiger partial charge in [0, 0.05) is 22.3 Å². The van der Waals surface area contributed by atoms with E-state index in [4.69, 9.17) is 32.7 Å². The minimum absolute atomic E-state index is 0.308. The fourth-order valence-electron chi connectivity index (χ4n) is 2.08. The average Bonchev–Trinajstić information content (AvgIpc) is 2.53. The van der Waals surface area contributed by atoms with Crippen molar-refractivity contribution in [2.24, 2.45) is 0 Å². The molecule has 0 spiro atoms. The van der Waals surface area contributed by atoms with Crippen molar-refractivity contribution in [3.8, 4) is 22.6 Å². The standard InChI is InChI=1S/C16H12Cl2O4/c1-21-13-5-3-9(15(17)19)7-11(13)12-8-10(16(18)20)4-6-14(12)22-2/h3-8H,1-2H3. The van der Waals surface area contributed by atoms with E-state index < -0.39 is 10.5 Å². The molecule has 4 nitrogen and oxygen atoms in total. The fraction of sp³-hybridized carbons (Fsp3) is 0.125. The predicted octanol–water partition coefficient (Wildman–Crippen LogP) is 4.13. The number of methoxy groups -OCH3 is 2. The highest BCUT2D eigenvalue weighted by atomic mass is 35.5. The van der Waals surface area contributed by atoms with Crippen LogP contribution in [0.25, 0.3) is 11.1 Å². The first-order valence-electron chi connectivity index (χ1n) is 6.24. The van der Waals surface area contributed by atoms with Crippen molar-refractivity contribution in [2.75, 3.05) is 14.2 Å². The molecule has 0 unspecified atom stereocenters. The van der Waals surface area contributed by atoms with Crippen molar-refractivity contribution in [1.82, 2.24) is 0 Å². The lowest BCUT2D eigenvalue weighted by Gasteiger charge is -2.14. The smallest absolute Gasteiger partial charge is 0.252 e. The van der Waals surface area contributed by atoms with Crippen LogP contribution in [0.1, 0.15) is 20.7 Å². The van der Waals surface area contributed by atoms with Gasteiger partial charge in [-0.25, -0.2) is 0 Å². The molecular weight excluding hydrogens is 327 g/mol. The van der Waals surface area contributed by atoms with E-state index in [1.807, 2.05) is 0 Å².